The van der Waals surface area contributed by atoms with Crippen LogP contribution >= 0.6 is 0 Å². The van der Waals surface area contributed by atoms with Crippen molar-refractivity contribution >= 4 is 43.1 Å². The van der Waals surface area contributed by atoms with E-state index in [9.17, 15) is 13.2 Å². The van der Waals surface area contributed by atoms with Crippen LogP contribution in [-0.4, -0.2) is 24.2 Å². The Balaban J connectivity index is 0.000000128. The van der Waals surface area contributed by atoms with E-state index in [1.54, 1.807) is 12.1 Å². The molecule has 0 fully saturated rings. The SMILES string of the molecule is FC(F)(F)c1n[n-]c(-c2ccccn2)n1.[Ir].[c-]1ccc2ccccc2c1-n1[c-][n+](-c2cccc3ccccc23)cc1.[c-]1ccc2ccccc2c1-n1[c-][n+](-c2cccc3ccccc23)cc1. The van der Waals surface area contributed by atoms with Crippen LogP contribution in [0.25, 0.3) is 77.4 Å². The van der Waals surface area contributed by atoms with Crippen LogP contribution in [0.1, 0.15) is 5.82 Å². The fourth-order valence-corrected chi connectivity index (χ4v) is 7.64. The number of pyridine rings is 1. The van der Waals surface area contributed by atoms with Gasteiger partial charge in [-0.25, -0.2) is 0 Å². The summed E-state index contributed by atoms with van der Waals surface area (Å²) in [5.41, 5.74) is 4.53. The first kappa shape index (κ1) is 43.2. The van der Waals surface area contributed by atoms with Crippen molar-refractivity contribution in [1.29, 1.82) is 0 Å². The molecule has 4 aromatic heterocycles. The van der Waals surface area contributed by atoms with Gasteiger partial charge in [-0.15, -0.1) is 33.7 Å². The van der Waals surface area contributed by atoms with E-state index in [2.05, 4.69) is 191 Å². The third kappa shape index (κ3) is 9.01. The number of rotatable bonds is 5. The van der Waals surface area contributed by atoms with Crippen LogP contribution in [0.3, 0.4) is 0 Å². The number of imidazole rings is 2. The second-order valence-corrected chi connectivity index (χ2v) is 14.8. The van der Waals surface area contributed by atoms with E-state index in [-0.39, 0.29) is 31.6 Å². The molecule has 0 N–H and O–H groups in total. The summed E-state index contributed by atoms with van der Waals surface area (Å²) in [6.45, 7) is 0. The second kappa shape index (κ2) is 19.0. The van der Waals surface area contributed by atoms with Crippen LogP contribution in [0.4, 0.5) is 13.2 Å². The van der Waals surface area contributed by atoms with Gasteiger partial charge < -0.3 is 19.2 Å². The Morgan fingerprint density at radius 2 is 0.939 bits per heavy atom. The Hall–Kier alpha value is -8.05. The number of benzene rings is 8. The van der Waals surface area contributed by atoms with Crippen LogP contribution < -0.4 is 14.2 Å². The molecule has 1 radical (unpaired) electrons. The maximum absolute atomic E-state index is 12.1. The van der Waals surface area contributed by atoms with Gasteiger partial charge >= 0.3 is 6.18 Å². The molecule has 0 aliphatic carbocycles. The van der Waals surface area contributed by atoms with Crippen LogP contribution in [-0.2, 0) is 26.3 Å². The van der Waals surface area contributed by atoms with E-state index in [1.807, 2.05) is 55.2 Å². The van der Waals surface area contributed by atoms with E-state index in [4.69, 9.17) is 0 Å². The van der Waals surface area contributed by atoms with Crippen LogP contribution in [0, 0.1) is 24.8 Å². The minimum absolute atomic E-state index is 0. The van der Waals surface area contributed by atoms with Gasteiger partial charge in [0.15, 0.2) is 0 Å². The zero-order chi connectivity index (χ0) is 44.2. The molecule has 0 aliphatic heterocycles. The second-order valence-electron chi connectivity index (χ2n) is 14.8. The first-order chi connectivity index (χ1) is 31.9. The normalized spacial score (nSPS) is 11.1. The molecule has 4 heterocycles. The summed E-state index contributed by atoms with van der Waals surface area (Å²) in [5, 5.41) is 15.9. The molecule has 0 saturated heterocycles. The predicted molar refractivity (Wildman–Crippen MR) is 244 cm³/mol. The number of fused-ring (bicyclic) bond motifs is 4. The number of aromatic nitrogens is 8. The quantitative estimate of drug-likeness (QED) is 0.127. The number of hydrogen-bond acceptors (Lipinski definition) is 3. The average molecular weight is 1040 g/mol. The van der Waals surface area contributed by atoms with Gasteiger partial charge in [0.25, 0.3) is 12.7 Å². The third-order valence-corrected chi connectivity index (χ3v) is 10.7. The maximum Gasteiger partial charge on any atom is 0.429 e. The van der Waals surface area contributed by atoms with E-state index >= 15 is 0 Å². The molecule has 0 aliphatic rings. The van der Waals surface area contributed by atoms with Gasteiger partial charge in [-0.05, 0) is 63.0 Å². The summed E-state index contributed by atoms with van der Waals surface area (Å²) in [6, 6.07) is 65.8. The van der Waals surface area contributed by atoms with Gasteiger partial charge in [-0.2, -0.15) is 49.6 Å². The van der Waals surface area contributed by atoms with Crippen LogP contribution in [0.5, 0.6) is 0 Å². The molecule has 66 heavy (non-hydrogen) atoms. The van der Waals surface area contributed by atoms with Gasteiger partial charge in [0.1, 0.15) is 5.82 Å². The van der Waals surface area contributed by atoms with Gasteiger partial charge in [0.2, 0.25) is 0 Å². The van der Waals surface area contributed by atoms with Crippen molar-refractivity contribution in [2.75, 3.05) is 0 Å². The Kier molecular flexibility index (Phi) is 12.4. The van der Waals surface area contributed by atoms with Gasteiger partial charge in [-0.3, -0.25) is 19.2 Å². The molecular weight excluding hydrogens is 1010 g/mol. The summed E-state index contributed by atoms with van der Waals surface area (Å²) in [5.74, 6) is -1.37. The first-order valence-electron chi connectivity index (χ1n) is 20.5. The molecule has 8 aromatic carbocycles. The van der Waals surface area contributed by atoms with Crippen molar-refractivity contribution in [3.8, 4) is 34.3 Å². The number of alkyl halides is 3. The number of halogens is 3. The third-order valence-electron chi connectivity index (χ3n) is 10.7. The molecule has 0 spiro atoms. The number of hydrogen-bond donors (Lipinski definition) is 0. The van der Waals surface area contributed by atoms with E-state index in [1.165, 1.54) is 55.4 Å². The van der Waals surface area contributed by atoms with Crippen molar-refractivity contribution in [2.24, 2.45) is 0 Å². The Morgan fingerprint density at radius 3 is 1.39 bits per heavy atom. The Morgan fingerprint density at radius 1 is 0.500 bits per heavy atom. The minimum atomic E-state index is -4.57. The zero-order valence-corrected chi connectivity index (χ0v) is 37.1. The molecule has 0 amide bonds. The van der Waals surface area contributed by atoms with Gasteiger partial charge in [-0.1, -0.05) is 115 Å². The fraction of sp³-hybridized carbons (Fsp3) is 0.0185. The summed E-state index contributed by atoms with van der Waals surface area (Å²) in [4.78, 5) is 7.05. The van der Waals surface area contributed by atoms with Crippen molar-refractivity contribution in [3.63, 3.8) is 0 Å². The molecule has 12 aromatic rings. The van der Waals surface area contributed by atoms with Crippen LogP contribution in [0.15, 0.2) is 207 Å². The molecule has 0 unspecified atom stereocenters. The largest absolute Gasteiger partial charge is 0.429 e. The smallest absolute Gasteiger partial charge is 0.413 e. The van der Waals surface area contributed by atoms with Gasteiger partial charge in [0.05, 0.1) is 17.1 Å². The topological polar surface area (TPSA) is 70.4 Å². The monoisotopic (exact) mass is 1040 g/mol. The molecule has 8 nitrogen and oxygen atoms in total. The predicted octanol–water partition coefficient (Wildman–Crippen LogP) is 10.8. The Labute approximate surface area is 390 Å². The summed E-state index contributed by atoms with van der Waals surface area (Å²) in [7, 11) is 0. The van der Waals surface area contributed by atoms with Crippen molar-refractivity contribution in [1.82, 2.24) is 29.3 Å². The standard InChI is InChI=1S/2C23H15N2.C8H4F3N4.Ir/c2*1-3-11-20-18(7-1)9-5-13-22(20)24-15-16-25(17-24)23-14-6-10-19-8-2-4-12-21(19)23;9-8(10,11)7-13-6(14-15-7)5-3-1-2-4-12-5;/h2*1-13,15-16H;1-4H;/q3*-1;. The van der Waals surface area contributed by atoms with E-state index in [0.717, 1.165) is 22.7 Å². The number of nitrogens with zero attached hydrogens (tertiary/aromatic N) is 8. The zero-order valence-electron chi connectivity index (χ0n) is 34.7. The molecule has 12 heteroatoms. The first-order valence-corrected chi connectivity index (χ1v) is 20.5. The maximum atomic E-state index is 12.1. The summed E-state index contributed by atoms with van der Waals surface area (Å²) < 4.78 is 44.5. The molecule has 323 valence electrons. The fourth-order valence-electron chi connectivity index (χ4n) is 7.64. The van der Waals surface area contributed by atoms with Crippen molar-refractivity contribution in [3.05, 3.63) is 238 Å². The van der Waals surface area contributed by atoms with Crippen LogP contribution in [0.2, 0.25) is 0 Å². The van der Waals surface area contributed by atoms with E-state index in [0.29, 0.717) is 0 Å². The van der Waals surface area contributed by atoms with Crippen molar-refractivity contribution in [2.45, 2.75) is 6.18 Å². The summed E-state index contributed by atoms with van der Waals surface area (Å²) in [6.07, 6.45) is 11.9. The molecular formula is C54H34F3IrN8-3. The Bertz CT molecular complexity index is 3180. The molecule has 0 saturated carbocycles. The molecule has 12 rings (SSSR count). The minimum Gasteiger partial charge on any atom is -0.413 e. The van der Waals surface area contributed by atoms with Gasteiger partial charge in [0, 0.05) is 51.1 Å². The van der Waals surface area contributed by atoms with Crippen molar-refractivity contribution < 1.29 is 42.4 Å². The molecule has 0 atom stereocenters. The average Bonchev–Trinajstić information content (AvgIpc) is 4.17. The summed E-state index contributed by atoms with van der Waals surface area (Å²) >= 11 is 0. The van der Waals surface area contributed by atoms with E-state index < -0.39 is 12.0 Å². The molecule has 0 bridgehead atoms.